The Morgan fingerprint density at radius 3 is 2.82 bits per heavy atom. The fourth-order valence-electron chi connectivity index (χ4n) is 2.93. The van der Waals surface area contributed by atoms with E-state index in [0.29, 0.717) is 12.5 Å². The van der Waals surface area contributed by atoms with Gasteiger partial charge in [-0.2, -0.15) is 0 Å². The van der Waals surface area contributed by atoms with Gasteiger partial charge >= 0.3 is 0 Å². The van der Waals surface area contributed by atoms with Gasteiger partial charge in [-0.25, -0.2) is 0 Å². The van der Waals surface area contributed by atoms with Gasteiger partial charge in [-0.15, -0.1) is 6.58 Å². The fraction of sp³-hybridized carbons (Fsp3) is 0.529. The number of hydrogen-bond acceptors (Lipinski definition) is 3. The van der Waals surface area contributed by atoms with Crippen LogP contribution in [0.1, 0.15) is 25.3 Å². The third-order valence-electron chi connectivity index (χ3n) is 4.37. The van der Waals surface area contributed by atoms with Crippen molar-refractivity contribution in [1.29, 1.82) is 0 Å². The second-order valence-corrected chi connectivity index (χ2v) is 5.95. The number of carbonyl (C=O) groups excluding carboxylic acids is 1. The van der Waals surface area contributed by atoms with Crippen molar-refractivity contribution in [2.24, 2.45) is 5.92 Å². The molecule has 1 aromatic rings. The number of hydrogen-bond donors (Lipinski definition) is 2. The number of amides is 1. The standard InChI is InChI=1S/C17H25N3O2/c1-3-8-18-17(22)13(2)20-9-6-14(7-10-20)11-15-4-5-16(21)19-12-15/h3-5,12-14H,1,6-11H2,2H3,(H,18,22)(H,19,21). The Labute approximate surface area is 131 Å². The lowest BCUT2D eigenvalue weighted by Gasteiger charge is -2.35. The highest BCUT2D eigenvalue weighted by Crippen LogP contribution is 2.22. The van der Waals surface area contributed by atoms with Crippen molar-refractivity contribution in [3.05, 3.63) is 46.9 Å². The molecule has 0 bridgehead atoms. The van der Waals surface area contributed by atoms with Crippen LogP contribution in [0.4, 0.5) is 0 Å². The molecule has 0 aromatic carbocycles. The topological polar surface area (TPSA) is 65.2 Å². The Morgan fingerprint density at radius 1 is 1.50 bits per heavy atom. The van der Waals surface area contributed by atoms with E-state index in [0.717, 1.165) is 32.4 Å². The molecule has 0 radical (unpaired) electrons. The Morgan fingerprint density at radius 2 is 2.23 bits per heavy atom. The normalized spacial score (nSPS) is 17.9. The van der Waals surface area contributed by atoms with Crippen LogP contribution in [-0.2, 0) is 11.2 Å². The molecule has 0 saturated carbocycles. The average Bonchev–Trinajstić information content (AvgIpc) is 2.55. The van der Waals surface area contributed by atoms with E-state index in [4.69, 9.17) is 0 Å². The summed E-state index contributed by atoms with van der Waals surface area (Å²) in [5, 5.41) is 2.85. The molecule has 1 fully saturated rings. The SMILES string of the molecule is C=CCNC(=O)C(C)N1CCC(Cc2ccc(=O)[nH]c2)CC1. The predicted molar refractivity (Wildman–Crippen MR) is 87.7 cm³/mol. The molecule has 1 saturated heterocycles. The lowest BCUT2D eigenvalue weighted by molar-refractivity contribution is -0.126. The van der Waals surface area contributed by atoms with Gasteiger partial charge in [0, 0.05) is 18.8 Å². The van der Waals surface area contributed by atoms with Gasteiger partial charge in [0.05, 0.1) is 6.04 Å². The van der Waals surface area contributed by atoms with Crippen LogP contribution < -0.4 is 10.9 Å². The number of piperidine rings is 1. The van der Waals surface area contributed by atoms with Gasteiger partial charge in [-0.3, -0.25) is 14.5 Å². The molecule has 5 nitrogen and oxygen atoms in total. The summed E-state index contributed by atoms with van der Waals surface area (Å²) >= 11 is 0. The largest absolute Gasteiger partial charge is 0.351 e. The lowest BCUT2D eigenvalue weighted by Crippen LogP contribution is -2.48. The van der Waals surface area contributed by atoms with Crippen LogP contribution in [-0.4, -0.2) is 41.5 Å². The minimum Gasteiger partial charge on any atom is -0.351 e. The zero-order valence-corrected chi connectivity index (χ0v) is 13.2. The minimum atomic E-state index is -0.0889. The molecule has 1 amide bonds. The molecule has 120 valence electrons. The van der Waals surface area contributed by atoms with Crippen LogP contribution >= 0.6 is 0 Å². The van der Waals surface area contributed by atoms with Crippen molar-refractivity contribution in [2.45, 2.75) is 32.2 Å². The van der Waals surface area contributed by atoms with E-state index in [9.17, 15) is 9.59 Å². The van der Waals surface area contributed by atoms with Crippen LogP contribution in [0.2, 0.25) is 0 Å². The fourth-order valence-corrected chi connectivity index (χ4v) is 2.93. The molecule has 1 aromatic heterocycles. The molecule has 2 heterocycles. The van der Waals surface area contributed by atoms with Gasteiger partial charge in [-0.05, 0) is 50.8 Å². The summed E-state index contributed by atoms with van der Waals surface area (Å²) in [5.41, 5.74) is 1.12. The monoisotopic (exact) mass is 303 g/mol. The Kier molecular flexibility index (Phi) is 5.95. The molecule has 0 aliphatic carbocycles. The molecule has 1 aliphatic rings. The Hall–Kier alpha value is -1.88. The summed E-state index contributed by atoms with van der Waals surface area (Å²) in [4.78, 5) is 28.0. The summed E-state index contributed by atoms with van der Waals surface area (Å²) in [6.07, 6.45) is 6.65. The number of pyridine rings is 1. The van der Waals surface area contributed by atoms with Gasteiger partial charge in [-0.1, -0.05) is 12.1 Å². The summed E-state index contributed by atoms with van der Waals surface area (Å²) in [6.45, 7) is 7.97. The first-order valence-electron chi connectivity index (χ1n) is 7.90. The zero-order valence-electron chi connectivity index (χ0n) is 13.2. The second-order valence-electron chi connectivity index (χ2n) is 5.95. The van der Waals surface area contributed by atoms with E-state index in [1.165, 1.54) is 5.56 Å². The van der Waals surface area contributed by atoms with Crippen molar-refractivity contribution >= 4 is 5.91 Å². The Balaban J connectivity index is 1.79. The van der Waals surface area contributed by atoms with Gasteiger partial charge < -0.3 is 10.3 Å². The van der Waals surface area contributed by atoms with E-state index in [1.54, 1.807) is 18.3 Å². The van der Waals surface area contributed by atoms with Crippen LogP contribution in [0, 0.1) is 5.92 Å². The molecule has 1 unspecified atom stereocenters. The number of H-pyrrole nitrogens is 1. The molecule has 1 atom stereocenters. The number of aromatic amines is 1. The quantitative estimate of drug-likeness (QED) is 0.779. The average molecular weight is 303 g/mol. The molecule has 0 spiro atoms. The maximum Gasteiger partial charge on any atom is 0.247 e. The van der Waals surface area contributed by atoms with Crippen molar-refractivity contribution < 1.29 is 4.79 Å². The summed E-state index contributed by atoms with van der Waals surface area (Å²) < 4.78 is 0. The smallest absolute Gasteiger partial charge is 0.247 e. The summed E-state index contributed by atoms with van der Waals surface area (Å²) in [6, 6.07) is 3.39. The van der Waals surface area contributed by atoms with Gasteiger partial charge in [0.25, 0.3) is 0 Å². The number of carbonyl (C=O) groups is 1. The second kappa shape index (κ2) is 7.94. The van der Waals surface area contributed by atoms with Gasteiger partial charge in [0.1, 0.15) is 0 Å². The molecule has 5 heteroatoms. The molecule has 22 heavy (non-hydrogen) atoms. The summed E-state index contributed by atoms with van der Waals surface area (Å²) in [5.74, 6) is 0.685. The minimum absolute atomic E-state index is 0.0575. The van der Waals surface area contributed by atoms with Gasteiger partial charge in [0.15, 0.2) is 0 Å². The highest BCUT2D eigenvalue weighted by Gasteiger charge is 2.26. The van der Waals surface area contributed by atoms with E-state index in [1.807, 2.05) is 13.0 Å². The number of nitrogens with one attached hydrogen (secondary N) is 2. The van der Waals surface area contributed by atoms with Crippen LogP contribution in [0.25, 0.3) is 0 Å². The highest BCUT2D eigenvalue weighted by molar-refractivity contribution is 5.81. The van der Waals surface area contributed by atoms with Crippen LogP contribution in [0.15, 0.2) is 35.8 Å². The predicted octanol–water partition coefficient (Wildman–Crippen LogP) is 1.32. The van der Waals surface area contributed by atoms with E-state index >= 15 is 0 Å². The van der Waals surface area contributed by atoms with E-state index < -0.39 is 0 Å². The number of likely N-dealkylation sites (tertiary alicyclic amines) is 1. The number of nitrogens with zero attached hydrogens (tertiary/aromatic N) is 1. The zero-order chi connectivity index (χ0) is 15.9. The van der Waals surface area contributed by atoms with E-state index in [2.05, 4.69) is 21.8 Å². The molecular weight excluding hydrogens is 278 g/mol. The molecule has 1 aliphatic heterocycles. The van der Waals surface area contributed by atoms with Crippen LogP contribution in [0.5, 0.6) is 0 Å². The number of rotatable bonds is 6. The maximum atomic E-state index is 12.0. The van der Waals surface area contributed by atoms with E-state index in [-0.39, 0.29) is 17.5 Å². The first-order valence-corrected chi connectivity index (χ1v) is 7.90. The highest BCUT2D eigenvalue weighted by atomic mass is 16.2. The molecule has 2 N–H and O–H groups in total. The maximum absolute atomic E-state index is 12.0. The van der Waals surface area contributed by atoms with Gasteiger partial charge in [0.2, 0.25) is 11.5 Å². The first kappa shape index (κ1) is 16.5. The lowest BCUT2D eigenvalue weighted by atomic mass is 9.90. The van der Waals surface area contributed by atoms with Crippen molar-refractivity contribution in [3.63, 3.8) is 0 Å². The first-order chi connectivity index (χ1) is 10.6. The number of aromatic nitrogens is 1. The van der Waals surface area contributed by atoms with Crippen LogP contribution in [0.3, 0.4) is 0 Å². The third-order valence-corrected chi connectivity index (χ3v) is 4.37. The molecule has 2 rings (SSSR count). The third kappa shape index (κ3) is 4.56. The van der Waals surface area contributed by atoms with Crippen molar-refractivity contribution in [1.82, 2.24) is 15.2 Å². The van der Waals surface area contributed by atoms with Crippen molar-refractivity contribution in [2.75, 3.05) is 19.6 Å². The van der Waals surface area contributed by atoms with Crippen molar-refractivity contribution in [3.8, 4) is 0 Å². The summed E-state index contributed by atoms with van der Waals surface area (Å²) in [7, 11) is 0. The molecular formula is C17H25N3O2. The Bertz CT molecular complexity index is 539.